The Labute approximate surface area is 146 Å². The predicted molar refractivity (Wildman–Crippen MR) is 97.4 cm³/mol. The molecule has 5 heteroatoms. The van der Waals surface area contributed by atoms with Gasteiger partial charge in [0.2, 0.25) is 0 Å². The molecule has 3 aromatic heterocycles. The van der Waals surface area contributed by atoms with Gasteiger partial charge in [-0.05, 0) is 18.6 Å². The van der Waals surface area contributed by atoms with Gasteiger partial charge >= 0.3 is 0 Å². The van der Waals surface area contributed by atoms with Crippen molar-refractivity contribution < 1.29 is 0 Å². The van der Waals surface area contributed by atoms with Crippen molar-refractivity contribution in [1.82, 2.24) is 24.1 Å². The smallest absolute Gasteiger partial charge is 0.138 e. The molecule has 5 nitrogen and oxygen atoms in total. The Bertz CT molecular complexity index is 955. The lowest BCUT2D eigenvalue weighted by Gasteiger charge is -2.05. The standard InChI is InChI=1S/C20H19N5/c1-24-14-18(16-6-3-2-4-7-16)23-19(24)11-10-17-8-5-9-20(22-17)25-13-12-21-15-25/h2-9,12-15H,10-11H2,1H3. The van der Waals surface area contributed by atoms with Gasteiger partial charge in [-0.1, -0.05) is 36.4 Å². The van der Waals surface area contributed by atoms with Crippen molar-refractivity contribution in [2.45, 2.75) is 12.8 Å². The van der Waals surface area contributed by atoms with Crippen LogP contribution in [0.5, 0.6) is 0 Å². The van der Waals surface area contributed by atoms with E-state index in [1.807, 2.05) is 48.1 Å². The minimum atomic E-state index is 0.849. The molecular weight excluding hydrogens is 310 g/mol. The molecule has 0 aliphatic heterocycles. The Morgan fingerprint density at radius 1 is 0.920 bits per heavy atom. The first-order chi connectivity index (χ1) is 12.3. The lowest BCUT2D eigenvalue weighted by atomic mass is 10.2. The van der Waals surface area contributed by atoms with Crippen molar-refractivity contribution in [3.63, 3.8) is 0 Å². The number of nitrogens with zero attached hydrogens (tertiary/aromatic N) is 5. The fourth-order valence-electron chi connectivity index (χ4n) is 2.87. The van der Waals surface area contributed by atoms with Gasteiger partial charge in [0.15, 0.2) is 0 Å². The molecule has 0 unspecified atom stereocenters. The van der Waals surface area contributed by atoms with Crippen LogP contribution in [-0.4, -0.2) is 24.1 Å². The second kappa shape index (κ2) is 6.73. The first-order valence-corrected chi connectivity index (χ1v) is 8.31. The van der Waals surface area contributed by atoms with Crippen molar-refractivity contribution in [3.8, 4) is 17.1 Å². The van der Waals surface area contributed by atoms with Gasteiger partial charge in [-0.3, -0.25) is 4.57 Å². The Kier molecular flexibility index (Phi) is 4.12. The molecule has 0 aliphatic carbocycles. The molecule has 4 rings (SSSR count). The zero-order valence-electron chi connectivity index (χ0n) is 14.1. The number of aromatic nitrogens is 5. The first kappa shape index (κ1) is 15.3. The highest BCUT2D eigenvalue weighted by atomic mass is 15.1. The number of hydrogen-bond donors (Lipinski definition) is 0. The third-order valence-corrected chi connectivity index (χ3v) is 4.21. The molecule has 0 bridgehead atoms. The fourth-order valence-corrected chi connectivity index (χ4v) is 2.87. The number of pyridine rings is 1. The summed E-state index contributed by atoms with van der Waals surface area (Å²) in [4.78, 5) is 13.6. The number of benzene rings is 1. The van der Waals surface area contributed by atoms with Gasteiger partial charge in [-0.15, -0.1) is 0 Å². The van der Waals surface area contributed by atoms with E-state index in [1.54, 1.807) is 12.5 Å². The number of hydrogen-bond acceptors (Lipinski definition) is 3. The summed E-state index contributed by atoms with van der Waals surface area (Å²) < 4.78 is 4.01. The van der Waals surface area contributed by atoms with E-state index in [2.05, 4.69) is 33.9 Å². The summed E-state index contributed by atoms with van der Waals surface area (Å²) in [6, 6.07) is 16.3. The predicted octanol–water partition coefficient (Wildman–Crippen LogP) is 3.45. The van der Waals surface area contributed by atoms with Crippen molar-refractivity contribution in [1.29, 1.82) is 0 Å². The van der Waals surface area contributed by atoms with Gasteiger partial charge in [0.1, 0.15) is 18.0 Å². The Hall–Kier alpha value is -3.21. The third kappa shape index (κ3) is 3.35. The van der Waals surface area contributed by atoms with Gasteiger partial charge in [-0.25, -0.2) is 15.0 Å². The minimum Gasteiger partial charge on any atom is -0.337 e. The van der Waals surface area contributed by atoms with Crippen LogP contribution in [-0.2, 0) is 19.9 Å². The van der Waals surface area contributed by atoms with Gasteiger partial charge in [0.05, 0.1) is 5.69 Å². The number of rotatable bonds is 5. The molecule has 0 saturated heterocycles. The summed E-state index contributed by atoms with van der Waals surface area (Å²) in [5.74, 6) is 1.95. The molecular formula is C20H19N5. The van der Waals surface area contributed by atoms with E-state index in [0.717, 1.165) is 41.4 Å². The molecule has 0 spiro atoms. The van der Waals surface area contributed by atoms with E-state index in [9.17, 15) is 0 Å². The lowest BCUT2D eigenvalue weighted by molar-refractivity contribution is 0.759. The molecule has 0 N–H and O–H groups in total. The molecule has 0 fully saturated rings. The maximum atomic E-state index is 4.79. The first-order valence-electron chi connectivity index (χ1n) is 8.31. The molecule has 4 aromatic rings. The molecule has 0 saturated carbocycles. The monoisotopic (exact) mass is 329 g/mol. The second-order valence-corrected chi connectivity index (χ2v) is 5.98. The Morgan fingerprint density at radius 3 is 2.60 bits per heavy atom. The van der Waals surface area contributed by atoms with Crippen LogP contribution >= 0.6 is 0 Å². The van der Waals surface area contributed by atoms with E-state index < -0.39 is 0 Å². The SMILES string of the molecule is Cn1cc(-c2ccccc2)nc1CCc1cccc(-n2ccnc2)n1. The van der Waals surface area contributed by atoms with Crippen LogP contribution in [0.3, 0.4) is 0 Å². The second-order valence-electron chi connectivity index (χ2n) is 5.98. The summed E-state index contributed by atoms with van der Waals surface area (Å²) in [6.45, 7) is 0. The fraction of sp³-hybridized carbons (Fsp3) is 0.150. The highest BCUT2D eigenvalue weighted by Gasteiger charge is 2.08. The van der Waals surface area contributed by atoms with Crippen LogP contribution in [0.1, 0.15) is 11.5 Å². The van der Waals surface area contributed by atoms with Gasteiger partial charge in [-0.2, -0.15) is 0 Å². The number of aryl methyl sites for hydroxylation is 3. The van der Waals surface area contributed by atoms with Crippen molar-refractivity contribution in [2.24, 2.45) is 7.05 Å². The van der Waals surface area contributed by atoms with Crippen LogP contribution in [0.4, 0.5) is 0 Å². The maximum Gasteiger partial charge on any atom is 0.138 e. The van der Waals surface area contributed by atoms with Crippen molar-refractivity contribution in [3.05, 3.63) is 85.0 Å². The van der Waals surface area contributed by atoms with E-state index in [0.29, 0.717) is 0 Å². The largest absolute Gasteiger partial charge is 0.337 e. The van der Waals surface area contributed by atoms with Crippen molar-refractivity contribution >= 4 is 0 Å². The maximum absolute atomic E-state index is 4.79. The minimum absolute atomic E-state index is 0.849. The summed E-state index contributed by atoms with van der Waals surface area (Å²) in [7, 11) is 2.05. The topological polar surface area (TPSA) is 48.5 Å². The molecule has 25 heavy (non-hydrogen) atoms. The lowest BCUT2D eigenvalue weighted by Crippen LogP contribution is -2.03. The van der Waals surface area contributed by atoms with Crippen LogP contribution in [0, 0.1) is 0 Å². The summed E-state index contributed by atoms with van der Waals surface area (Å²) in [5, 5.41) is 0. The van der Waals surface area contributed by atoms with E-state index in [4.69, 9.17) is 9.97 Å². The normalized spacial score (nSPS) is 10.9. The van der Waals surface area contributed by atoms with Gasteiger partial charge in [0, 0.05) is 43.3 Å². The average Bonchev–Trinajstić information content (AvgIpc) is 3.31. The van der Waals surface area contributed by atoms with Crippen LogP contribution in [0.15, 0.2) is 73.4 Å². The van der Waals surface area contributed by atoms with Crippen LogP contribution < -0.4 is 0 Å². The average molecular weight is 329 g/mol. The molecule has 124 valence electrons. The molecule has 0 radical (unpaired) electrons. The van der Waals surface area contributed by atoms with E-state index >= 15 is 0 Å². The molecule has 3 heterocycles. The Balaban J connectivity index is 1.51. The highest BCUT2D eigenvalue weighted by molar-refractivity contribution is 5.58. The van der Waals surface area contributed by atoms with Gasteiger partial charge in [0.25, 0.3) is 0 Å². The molecule has 0 amide bonds. The quantitative estimate of drug-likeness (QED) is 0.563. The number of imidazole rings is 2. The van der Waals surface area contributed by atoms with Crippen LogP contribution in [0.25, 0.3) is 17.1 Å². The summed E-state index contributed by atoms with van der Waals surface area (Å²) in [6.07, 6.45) is 9.20. The van der Waals surface area contributed by atoms with E-state index in [1.165, 1.54) is 0 Å². The van der Waals surface area contributed by atoms with Crippen LogP contribution in [0.2, 0.25) is 0 Å². The summed E-state index contributed by atoms with van der Waals surface area (Å²) >= 11 is 0. The zero-order chi connectivity index (χ0) is 17.1. The highest BCUT2D eigenvalue weighted by Crippen LogP contribution is 2.18. The Morgan fingerprint density at radius 2 is 1.80 bits per heavy atom. The van der Waals surface area contributed by atoms with Crippen molar-refractivity contribution in [2.75, 3.05) is 0 Å². The molecule has 1 aromatic carbocycles. The third-order valence-electron chi connectivity index (χ3n) is 4.21. The summed E-state index contributed by atoms with van der Waals surface area (Å²) in [5.41, 5.74) is 3.21. The van der Waals surface area contributed by atoms with Gasteiger partial charge < -0.3 is 4.57 Å². The molecule has 0 aliphatic rings. The van der Waals surface area contributed by atoms with E-state index in [-0.39, 0.29) is 0 Å². The zero-order valence-corrected chi connectivity index (χ0v) is 14.1. The molecule has 0 atom stereocenters.